The van der Waals surface area contributed by atoms with Crippen molar-refractivity contribution in [1.82, 2.24) is 5.32 Å². The van der Waals surface area contributed by atoms with Gasteiger partial charge < -0.3 is 5.32 Å². The molecule has 1 saturated heterocycles. The fraction of sp³-hybridized carbons (Fsp3) is 0.533. The molecule has 0 bridgehead atoms. The molecule has 0 spiro atoms. The molecule has 0 unspecified atom stereocenters. The average molecular weight is 310 g/mol. The Morgan fingerprint density at radius 2 is 2.00 bits per heavy atom. The molecule has 1 heterocycles. The number of carbonyl (C=O) groups is 1. The van der Waals surface area contributed by atoms with Gasteiger partial charge in [-0.1, -0.05) is 0 Å². The van der Waals surface area contributed by atoms with Crippen molar-refractivity contribution < 1.29 is 13.2 Å². The highest BCUT2D eigenvalue weighted by Crippen LogP contribution is 2.27. The van der Waals surface area contributed by atoms with E-state index in [1.54, 1.807) is 18.2 Å². The molecule has 5 nitrogen and oxygen atoms in total. The summed E-state index contributed by atoms with van der Waals surface area (Å²) < 4.78 is 25.8. The van der Waals surface area contributed by atoms with Crippen molar-refractivity contribution in [3.8, 4) is 0 Å². The lowest BCUT2D eigenvalue weighted by atomic mass is 10.1. The summed E-state index contributed by atoms with van der Waals surface area (Å²) in [4.78, 5) is 12.0. The zero-order valence-corrected chi connectivity index (χ0v) is 13.5. The number of hydrogen-bond donors (Lipinski definition) is 1. The molecule has 6 heteroatoms. The number of carbonyl (C=O) groups excluding carboxylic acids is 1. The van der Waals surface area contributed by atoms with E-state index in [-0.39, 0.29) is 17.7 Å². The maximum atomic E-state index is 12.1. The molecular weight excluding hydrogens is 288 g/mol. The molecule has 1 aromatic rings. The van der Waals surface area contributed by atoms with Crippen LogP contribution in [0.2, 0.25) is 0 Å². The molecule has 1 fully saturated rings. The van der Waals surface area contributed by atoms with Gasteiger partial charge in [-0.15, -0.1) is 0 Å². The van der Waals surface area contributed by atoms with Crippen LogP contribution in [0.1, 0.15) is 42.6 Å². The van der Waals surface area contributed by atoms with Gasteiger partial charge in [0.1, 0.15) is 0 Å². The molecule has 0 saturated carbocycles. The first kappa shape index (κ1) is 15.8. The summed E-state index contributed by atoms with van der Waals surface area (Å²) in [5.74, 6) is 0.0586. The first-order chi connectivity index (χ1) is 9.81. The van der Waals surface area contributed by atoms with Crippen molar-refractivity contribution in [2.75, 3.05) is 16.6 Å². The van der Waals surface area contributed by atoms with Crippen molar-refractivity contribution >= 4 is 21.6 Å². The maximum Gasteiger partial charge on any atom is 0.251 e. The molecule has 0 radical (unpaired) electrons. The number of aryl methyl sites for hydroxylation is 1. The number of benzene rings is 1. The van der Waals surface area contributed by atoms with E-state index in [4.69, 9.17) is 0 Å². The van der Waals surface area contributed by atoms with E-state index in [1.807, 2.05) is 20.8 Å². The second kappa shape index (κ2) is 6.05. The molecule has 0 aromatic heterocycles. The maximum absolute atomic E-state index is 12.1. The number of hydrogen-bond acceptors (Lipinski definition) is 3. The third-order valence-corrected chi connectivity index (χ3v) is 5.35. The Labute approximate surface area is 126 Å². The highest BCUT2D eigenvalue weighted by Gasteiger charge is 2.27. The van der Waals surface area contributed by atoms with Crippen LogP contribution in [0.15, 0.2) is 18.2 Å². The zero-order valence-electron chi connectivity index (χ0n) is 12.7. The standard InChI is InChI=1S/C15H22N2O3S/c1-11(2)16-15(18)13-6-7-14(12(3)10-13)17-8-4-5-9-21(17,19)20/h6-7,10-11H,4-5,8-9H2,1-3H3,(H,16,18). The van der Waals surface area contributed by atoms with Crippen LogP contribution >= 0.6 is 0 Å². The van der Waals surface area contributed by atoms with Crippen LogP contribution in [0.5, 0.6) is 0 Å². The first-order valence-corrected chi connectivity index (χ1v) is 8.84. The Bertz CT molecular complexity index is 638. The van der Waals surface area contributed by atoms with Crippen LogP contribution in [-0.4, -0.2) is 32.7 Å². The fourth-order valence-corrected chi connectivity index (χ4v) is 4.18. The highest BCUT2D eigenvalue weighted by atomic mass is 32.2. The van der Waals surface area contributed by atoms with Gasteiger partial charge in [0, 0.05) is 18.2 Å². The predicted molar refractivity (Wildman–Crippen MR) is 84.1 cm³/mol. The number of nitrogens with zero attached hydrogens (tertiary/aromatic N) is 1. The van der Waals surface area contributed by atoms with Gasteiger partial charge in [-0.2, -0.15) is 0 Å². The molecule has 2 rings (SSSR count). The number of amides is 1. The minimum atomic E-state index is -3.22. The van der Waals surface area contributed by atoms with Gasteiger partial charge in [-0.3, -0.25) is 9.10 Å². The van der Waals surface area contributed by atoms with E-state index in [1.165, 1.54) is 4.31 Å². The van der Waals surface area contributed by atoms with E-state index in [2.05, 4.69) is 5.32 Å². The number of nitrogens with one attached hydrogen (secondary N) is 1. The largest absolute Gasteiger partial charge is 0.350 e. The minimum absolute atomic E-state index is 0.0694. The van der Waals surface area contributed by atoms with Gasteiger partial charge in [-0.25, -0.2) is 8.42 Å². The van der Waals surface area contributed by atoms with Gasteiger partial charge in [0.25, 0.3) is 5.91 Å². The molecule has 116 valence electrons. The van der Waals surface area contributed by atoms with Gasteiger partial charge in [0.15, 0.2) is 0 Å². The summed E-state index contributed by atoms with van der Waals surface area (Å²) in [6.07, 6.45) is 1.58. The second-order valence-electron chi connectivity index (χ2n) is 5.72. The summed E-state index contributed by atoms with van der Waals surface area (Å²) in [6.45, 7) is 6.16. The summed E-state index contributed by atoms with van der Waals surface area (Å²) in [7, 11) is -3.22. The Kier molecular flexibility index (Phi) is 4.56. The summed E-state index contributed by atoms with van der Waals surface area (Å²) >= 11 is 0. The van der Waals surface area contributed by atoms with E-state index in [0.717, 1.165) is 12.0 Å². The molecule has 1 aliphatic rings. The summed E-state index contributed by atoms with van der Waals surface area (Å²) in [6, 6.07) is 5.23. The number of sulfonamides is 1. The van der Waals surface area contributed by atoms with Crippen LogP contribution < -0.4 is 9.62 Å². The molecule has 1 aliphatic heterocycles. The monoisotopic (exact) mass is 310 g/mol. The molecule has 1 amide bonds. The Morgan fingerprint density at radius 1 is 1.29 bits per heavy atom. The minimum Gasteiger partial charge on any atom is -0.350 e. The molecule has 21 heavy (non-hydrogen) atoms. The van der Waals surface area contributed by atoms with Crippen molar-refractivity contribution in [3.05, 3.63) is 29.3 Å². The average Bonchev–Trinajstić information content (AvgIpc) is 2.38. The Balaban J connectivity index is 2.29. The SMILES string of the molecule is Cc1cc(C(=O)NC(C)C)ccc1N1CCCCS1(=O)=O. The molecule has 1 aromatic carbocycles. The van der Waals surface area contributed by atoms with Crippen LogP contribution in [-0.2, 0) is 10.0 Å². The van der Waals surface area contributed by atoms with Gasteiger partial charge >= 0.3 is 0 Å². The van der Waals surface area contributed by atoms with E-state index in [9.17, 15) is 13.2 Å². The summed E-state index contributed by atoms with van der Waals surface area (Å²) in [5.41, 5.74) is 2.03. The lowest BCUT2D eigenvalue weighted by molar-refractivity contribution is 0.0943. The fourth-order valence-electron chi connectivity index (χ4n) is 2.48. The predicted octanol–water partition coefficient (Wildman–Crippen LogP) is 2.06. The topological polar surface area (TPSA) is 66.5 Å². The lowest BCUT2D eigenvalue weighted by Crippen LogP contribution is -2.38. The smallest absolute Gasteiger partial charge is 0.251 e. The first-order valence-electron chi connectivity index (χ1n) is 7.23. The van der Waals surface area contributed by atoms with Crippen molar-refractivity contribution in [2.45, 2.75) is 39.7 Å². The third kappa shape index (κ3) is 3.56. The van der Waals surface area contributed by atoms with Crippen LogP contribution in [0.3, 0.4) is 0 Å². The van der Waals surface area contributed by atoms with Gasteiger partial charge in [0.05, 0.1) is 11.4 Å². The number of rotatable bonds is 3. The zero-order chi connectivity index (χ0) is 15.6. The highest BCUT2D eigenvalue weighted by molar-refractivity contribution is 7.92. The van der Waals surface area contributed by atoms with Crippen LogP contribution in [0.25, 0.3) is 0 Å². The second-order valence-corrected chi connectivity index (χ2v) is 7.74. The van der Waals surface area contributed by atoms with E-state index < -0.39 is 10.0 Å². The normalized spacial score (nSPS) is 17.8. The Morgan fingerprint density at radius 3 is 2.57 bits per heavy atom. The van der Waals surface area contributed by atoms with Gasteiger partial charge in [-0.05, 0) is 57.4 Å². The van der Waals surface area contributed by atoms with Crippen molar-refractivity contribution in [2.24, 2.45) is 0 Å². The molecule has 0 atom stereocenters. The molecular formula is C15H22N2O3S. The Hall–Kier alpha value is -1.56. The van der Waals surface area contributed by atoms with Crippen molar-refractivity contribution in [3.63, 3.8) is 0 Å². The summed E-state index contributed by atoms with van der Waals surface area (Å²) in [5, 5.41) is 2.83. The van der Waals surface area contributed by atoms with Crippen molar-refractivity contribution in [1.29, 1.82) is 0 Å². The van der Waals surface area contributed by atoms with Gasteiger partial charge in [0.2, 0.25) is 10.0 Å². The molecule has 1 N–H and O–H groups in total. The molecule has 0 aliphatic carbocycles. The van der Waals surface area contributed by atoms with E-state index >= 15 is 0 Å². The quantitative estimate of drug-likeness (QED) is 0.929. The third-order valence-electron chi connectivity index (χ3n) is 3.50. The number of anilines is 1. The van der Waals surface area contributed by atoms with Crippen LogP contribution in [0, 0.1) is 6.92 Å². The lowest BCUT2D eigenvalue weighted by Gasteiger charge is -2.29. The van der Waals surface area contributed by atoms with E-state index in [0.29, 0.717) is 24.2 Å². The van der Waals surface area contributed by atoms with Crippen LogP contribution in [0.4, 0.5) is 5.69 Å².